The summed E-state index contributed by atoms with van der Waals surface area (Å²) in [5, 5.41) is 3.72. The molecular formula is C41H35N3O3S2. The number of carbonyl (C=O) groups excluding carboxylic acids is 2. The number of hydrogen-bond donors (Lipinski definition) is 2. The van der Waals surface area contributed by atoms with Crippen LogP contribution in [0, 0.1) is 0 Å². The van der Waals surface area contributed by atoms with Gasteiger partial charge in [0.25, 0.3) is 0 Å². The summed E-state index contributed by atoms with van der Waals surface area (Å²) in [7, 11) is 0. The Morgan fingerprint density at radius 1 is 0.776 bits per heavy atom. The number of fused-ring (bicyclic) bond motifs is 1. The van der Waals surface area contributed by atoms with E-state index in [1.165, 1.54) is 0 Å². The molecule has 0 spiro atoms. The number of rotatable bonds is 11. The number of nitrogens with one attached hydrogen (secondary N) is 1. The van der Waals surface area contributed by atoms with Gasteiger partial charge in [0.1, 0.15) is 17.5 Å². The van der Waals surface area contributed by atoms with Crippen molar-refractivity contribution >= 4 is 40.8 Å². The molecule has 0 saturated carbocycles. The highest BCUT2D eigenvalue weighted by Crippen LogP contribution is 2.46. The molecule has 0 unspecified atom stereocenters. The molecule has 1 saturated heterocycles. The van der Waals surface area contributed by atoms with E-state index in [2.05, 4.69) is 41.7 Å². The number of thioether (sulfide) groups is 1. The molecule has 2 aliphatic rings. The largest absolute Gasteiger partial charge is 0.469 e. The molecule has 244 valence electrons. The van der Waals surface area contributed by atoms with Crippen LogP contribution >= 0.6 is 24.0 Å². The third-order valence-electron chi connectivity index (χ3n) is 9.05. The number of benzene rings is 5. The third-order valence-corrected chi connectivity index (χ3v) is 10.7. The molecule has 0 aromatic heterocycles. The first-order chi connectivity index (χ1) is 24.0. The first-order valence-corrected chi connectivity index (χ1v) is 17.6. The van der Waals surface area contributed by atoms with Crippen molar-refractivity contribution in [3.63, 3.8) is 0 Å². The van der Waals surface area contributed by atoms with Crippen molar-refractivity contribution < 1.29 is 14.3 Å². The standard InChI is InChI=1S/C41H35N3O3S2/c42-34(45)26-30-27-49-39-35(43-41(31-20-10-3-11-21-31,32-22-12-4-13-23-32)33-24-14-5-15-25-33)38(46)44(39)36(30)40(48)47-37(28-16-6-1-7-17-28)29-18-8-2-9-19-29/h1-25,35,37,39,43H,26-27H2,(H2,42,45)/t35-,39-/m1/s1. The number of nitrogens with two attached hydrogens (primary N) is 1. The van der Waals surface area contributed by atoms with E-state index in [4.69, 9.17) is 22.7 Å². The average molecular weight is 682 g/mol. The third kappa shape index (κ3) is 6.31. The molecule has 2 atom stereocenters. The van der Waals surface area contributed by atoms with E-state index in [0.717, 1.165) is 27.8 Å². The number of nitrogens with zero attached hydrogens (tertiary/aromatic N) is 1. The fourth-order valence-electron chi connectivity index (χ4n) is 6.81. The van der Waals surface area contributed by atoms with Gasteiger partial charge in [-0.25, -0.2) is 0 Å². The zero-order chi connectivity index (χ0) is 33.8. The molecule has 2 aliphatic heterocycles. The Balaban J connectivity index is 1.27. The lowest BCUT2D eigenvalue weighted by atomic mass is 9.76. The van der Waals surface area contributed by atoms with Crippen LogP contribution in [-0.4, -0.2) is 38.9 Å². The van der Waals surface area contributed by atoms with Gasteiger partial charge in [-0.05, 0) is 45.6 Å². The lowest BCUT2D eigenvalue weighted by Crippen LogP contribution is -2.72. The van der Waals surface area contributed by atoms with E-state index < -0.39 is 23.6 Å². The molecule has 0 radical (unpaired) electrons. The molecule has 8 heteroatoms. The summed E-state index contributed by atoms with van der Waals surface area (Å²) in [4.78, 5) is 28.5. The van der Waals surface area contributed by atoms with Gasteiger partial charge >= 0.3 is 0 Å². The number of primary amides is 1. The van der Waals surface area contributed by atoms with Gasteiger partial charge in [-0.2, -0.15) is 0 Å². The normalized spacial score (nSPS) is 17.3. The number of amides is 2. The van der Waals surface area contributed by atoms with E-state index in [1.54, 1.807) is 16.7 Å². The minimum Gasteiger partial charge on any atom is -0.469 e. The SMILES string of the molecule is NC(=O)CC1=C(C(=S)OC(c2ccccc2)c2ccccc2)N2C(=O)[C@@H](NC(c3ccccc3)(c3ccccc3)c3ccccc3)[C@H]2SC1. The molecule has 5 aromatic rings. The highest BCUT2D eigenvalue weighted by atomic mass is 32.2. The zero-order valence-corrected chi connectivity index (χ0v) is 28.3. The minimum absolute atomic E-state index is 0.0241. The molecule has 1 fully saturated rings. The Morgan fingerprint density at radius 3 is 1.63 bits per heavy atom. The summed E-state index contributed by atoms with van der Waals surface area (Å²) in [5.74, 6) is -0.163. The molecule has 7 rings (SSSR count). The summed E-state index contributed by atoms with van der Waals surface area (Å²) in [6.07, 6.45) is -0.540. The molecule has 2 amide bonds. The summed E-state index contributed by atoms with van der Waals surface area (Å²) in [6.45, 7) is 0. The summed E-state index contributed by atoms with van der Waals surface area (Å²) in [6, 6.07) is 49.8. The Kier molecular flexibility index (Phi) is 9.44. The van der Waals surface area contributed by atoms with Crippen LogP contribution in [0.15, 0.2) is 163 Å². The fraction of sp³-hybridized carbons (Fsp3) is 0.146. The van der Waals surface area contributed by atoms with Crippen LogP contribution in [0.3, 0.4) is 0 Å². The highest BCUT2D eigenvalue weighted by Gasteiger charge is 2.56. The zero-order valence-electron chi connectivity index (χ0n) is 26.6. The van der Waals surface area contributed by atoms with Crippen LogP contribution in [0.25, 0.3) is 0 Å². The molecule has 3 N–H and O–H groups in total. The lowest BCUT2D eigenvalue weighted by Gasteiger charge is -2.53. The summed E-state index contributed by atoms with van der Waals surface area (Å²) >= 11 is 7.62. The molecular weight excluding hydrogens is 647 g/mol. The minimum atomic E-state index is -0.836. The summed E-state index contributed by atoms with van der Waals surface area (Å²) in [5.41, 5.74) is 10.9. The van der Waals surface area contributed by atoms with Crippen LogP contribution in [0.2, 0.25) is 0 Å². The molecule has 0 aliphatic carbocycles. The van der Waals surface area contributed by atoms with E-state index >= 15 is 0 Å². The molecule has 5 aromatic carbocycles. The maximum atomic E-state index is 14.5. The number of β-lactam (4-membered cyclic amide) rings is 1. The molecule has 6 nitrogen and oxygen atoms in total. The molecule has 0 bridgehead atoms. The van der Waals surface area contributed by atoms with Crippen molar-refractivity contribution in [2.75, 3.05) is 5.75 Å². The van der Waals surface area contributed by atoms with Gasteiger partial charge in [-0.3, -0.25) is 19.8 Å². The van der Waals surface area contributed by atoms with Crippen molar-refractivity contribution in [2.24, 2.45) is 5.73 Å². The van der Waals surface area contributed by atoms with Gasteiger partial charge in [0.15, 0.2) is 0 Å². The topological polar surface area (TPSA) is 84.7 Å². The van der Waals surface area contributed by atoms with Gasteiger partial charge in [0.2, 0.25) is 16.9 Å². The maximum Gasteiger partial charge on any atom is 0.248 e. The Labute approximate surface area is 296 Å². The van der Waals surface area contributed by atoms with E-state index in [9.17, 15) is 9.59 Å². The second kappa shape index (κ2) is 14.2. The second-order valence-electron chi connectivity index (χ2n) is 12.1. The van der Waals surface area contributed by atoms with Crippen molar-refractivity contribution in [1.82, 2.24) is 10.2 Å². The monoisotopic (exact) mass is 681 g/mol. The predicted octanol–water partition coefficient (Wildman–Crippen LogP) is 7.11. The van der Waals surface area contributed by atoms with Gasteiger partial charge in [0.05, 0.1) is 17.7 Å². The van der Waals surface area contributed by atoms with E-state index in [0.29, 0.717) is 17.0 Å². The smallest absolute Gasteiger partial charge is 0.248 e. The number of carbonyl (C=O) groups is 2. The van der Waals surface area contributed by atoms with Crippen LogP contribution in [0.5, 0.6) is 0 Å². The fourth-order valence-corrected chi connectivity index (χ4v) is 8.50. The van der Waals surface area contributed by atoms with Gasteiger partial charge < -0.3 is 10.5 Å². The van der Waals surface area contributed by atoms with Crippen LogP contribution in [0.4, 0.5) is 0 Å². The molecule has 49 heavy (non-hydrogen) atoms. The van der Waals surface area contributed by atoms with E-state index in [-0.39, 0.29) is 22.8 Å². The number of thiocarbonyl (C=S) groups is 1. The van der Waals surface area contributed by atoms with E-state index in [1.807, 2.05) is 115 Å². The molecule has 2 heterocycles. The second-order valence-corrected chi connectivity index (χ2v) is 13.6. The quantitative estimate of drug-likeness (QED) is 0.0878. The Hall–Kier alpha value is -5.02. The van der Waals surface area contributed by atoms with Crippen molar-refractivity contribution in [1.29, 1.82) is 0 Å². The predicted molar refractivity (Wildman–Crippen MR) is 198 cm³/mol. The lowest BCUT2D eigenvalue weighted by molar-refractivity contribution is -0.143. The van der Waals surface area contributed by atoms with Crippen molar-refractivity contribution in [3.05, 3.63) is 191 Å². The van der Waals surface area contributed by atoms with Crippen LogP contribution in [0.1, 0.15) is 40.3 Å². The van der Waals surface area contributed by atoms with Gasteiger partial charge in [-0.15, -0.1) is 11.8 Å². The van der Waals surface area contributed by atoms with Crippen LogP contribution < -0.4 is 11.1 Å². The van der Waals surface area contributed by atoms with Crippen LogP contribution in [-0.2, 0) is 19.9 Å². The number of hydrogen-bond acceptors (Lipinski definition) is 6. The van der Waals surface area contributed by atoms with Gasteiger partial charge in [-0.1, -0.05) is 152 Å². The maximum absolute atomic E-state index is 14.5. The first kappa shape index (κ1) is 32.5. The average Bonchev–Trinajstić information content (AvgIpc) is 3.15. The first-order valence-electron chi connectivity index (χ1n) is 16.2. The van der Waals surface area contributed by atoms with Crippen molar-refractivity contribution in [3.8, 4) is 0 Å². The van der Waals surface area contributed by atoms with Crippen molar-refractivity contribution in [2.45, 2.75) is 29.5 Å². The highest BCUT2D eigenvalue weighted by molar-refractivity contribution is 8.00. The summed E-state index contributed by atoms with van der Waals surface area (Å²) < 4.78 is 6.62. The number of ether oxygens (including phenoxy) is 1. The Morgan fingerprint density at radius 2 is 1.20 bits per heavy atom. The Bertz CT molecular complexity index is 1840. The van der Waals surface area contributed by atoms with Gasteiger partial charge in [0, 0.05) is 5.75 Å².